The molecule has 2 rings (SSSR count). The second-order valence-corrected chi connectivity index (χ2v) is 4.77. The SMILES string of the molecule is CCOc1cncc(N2CCC(OCCCl)CC2)n1. The predicted molar refractivity (Wildman–Crippen MR) is 75.1 cm³/mol. The van der Waals surface area contributed by atoms with Gasteiger partial charge in [0.05, 0.1) is 31.7 Å². The zero-order valence-corrected chi connectivity index (χ0v) is 12.0. The number of hydrogen-bond acceptors (Lipinski definition) is 5. The number of ether oxygens (including phenoxy) is 2. The minimum atomic E-state index is 0.318. The highest BCUT2D eigenvalue weighted by molar-refractivity contribution is 6.17. The van der Waals surface area contributed by atoms with Gasteiger partial charge in [-0.2, -0.15) is 4.98 Å². The van der Waals surface area contributed by atoms with E-state index in [4.69, 9.17) is 21.1 Å². The molecule has 1 saturated heterocycles. The number of piperidine rings is 1. The van der Waals surface area contributed by atoms with Gasteiger partial charge in [0.25, 0.3) is 0 Å². The van der Waals surface area contributed by atoms with Crippen LogP contribution in [0.4, 0.5) is 5.82 Å². The van der Waals surface area contributed by atoms with Crippen molar-refractivity contribution in [1.82, 2.24) is 9.97 Å². The molecule has 19 heavy (non-hydrogen) atoms. The summed E-state index contributed by atoms with van der Waals surface area (Å²) in [5, 5.41) is 0. The first-order valence-corrected chi connectivity index (χ1v) is 7.24. The van der Waals surface area contributed by atoms with E-state index in [1.54, 1.807) is 12.4 Å². The molecule has 0 aliphatic carbocycles. The molecular formula is C13H20ClN3O2. The standard InChI is InChI=1S/C13H20ClN3O2/c1-2-18-13-10-15-9-12(16-13)17-6-3-11(4-7-17)19-8-5-14/h9-11H,2-8H2,1H3. The first-order valence-electron chi connectivity index (χ1n) is 6.71. The summed E-state index contributed by atoms with van der Waals surface area (Å²) < 4.78 is 11.0. The van der Waals surface area contributed by atoms with Crippen LogP contribution in [-0.4, -0.2) is 48.3 Å². The summed E-state index contributed by atoms with van der Waals surface area (Å²) in [6.07, 6.45) is 5.73. The first-order chi connectivity index (χ1) is 9.33. The van der Waals surface area contributed by atoms with Crippen LogP contribution in [0.1, 0.15) is 19.8 Å². The van der Waals surface area contributed by atoms with Crippen molar-refractivity contribution in [3.63, 3.8) is 0 Å². The molecule has 0 N–H and O–H groups in total. The second kappa shape index (κ2) is 7.50. The first kappa shape index (κ1) is 14.3. The van der Waals surface area contributed by atoms with Gasteiger partial charge in [-0.3, -0.25) is 4.98 Å². The fraction of sp³-hybridized carbons (Fsp3) is 0.692. The van der Waals surface area contributed by atoms with Gasteiger partial charge in [-0.15, -0.1) is 11.6 Å². The van der Waals surface area contributed by atoms with Crippen LogP contribution in [0.2, 0.25) is 0 Å². The van der Waals surface area contributed by atoms with Gasteiger partial charge < -0.3 is 14.4 Å². The molecule has 6 heteroatoms. The molecule has 0 spiro atoms. The largest absolute Gasteiger partial charge is 0.477 e. The van der Waals surface area contributed by atoms with Crippen molar-refractivity contribution in [1.29, 1.82) is 0 Å². The fourth-order valence-electron chi connectivity index (χ4n) is 2.17. The van der Waals surface area contributed by atoms with Gasteiger partial charge >= 0.3 is 0 Å². The van der Waals surface area contributed by atoms with Gasteiger partial charge in [0.2, 0.25) is 5.88 Å². The van der Waals surface area contributed by atoms with E-state index in [0.717, 1.165) is 31.7 Å². The van der Waals surface area contributed by atoms with Gasteiger partial charge in [-0.25, -0.2) is 0 Å². The number of nitrogens with zero attached hydrogens (tertiary/aromatic N) is 3. The fourth-order valence-corrected chi connectivity index (χ4v) is 2.26. The molecule has 0 bridgehead atoms. The van der Waals surface area contributed by atoms with Gasteiger partial charge in [0.15, 0.2) is 5.82 Å². The predicted octanol–water partition coefficient (Wildman–Crippen LogP) is 2.10. The lowest BCUT2D eigenvalue weighted by Crippen LogP contribution is -2.37. The van der Waals surface area contributed by atoms with Crippen LogP contribution in [-0.2, 0) is 4.74 Å². The quantitative estimate of drug-likeness (QED) is 0.749. The molecule has 106 valence electrons. The van der Waals surface area contributed by atoms with Gasteiger partial charge in [0.1, 0.15) is 0 Å². The van der Waals surface area contributed by atoms with Crippen molar-refractivity contribution in [2.45, 2.75) is 25.9 Å². The van der Waals surface area contributed by atoms with E-state index in [9.17, 15) is 0 Å². The number of hydrogen-bond donors (Lipinski definition) is 0. The Hall–Kier alpha value is -1.07. The summed E-state index contributed by atoms with van der Waals surface area (Å²) in [6, 6.07) is 0. The van der Waals surface area contributed by atoms with Crippen LogP contribution < -0.4 is 9.64 Å². The molecule has 1 aliphatic rings. The lowest BCUT2D eigenvalue weighted by molar-refractivity contribution is 0.0470. The highest BCUT2D eigenvalue weighted by Crippen LogP contribution is 2.20. The maximum Gasteiger partial charge on any atom is 0.234 e. The Labute approximate surface area is 118 Å². The number of aromatic nitrogens is 2. The number of alkyl halides is 1. The minimum Gasteiger partial charge on any atom is -0.477 e. The third-order valence-electron chi connectivity index (χ3n) is 3.09. The van der Waals surface area contributed by atoms with Gasteiger partial charge in [-0.05, 0) is 19.8 Å². The summed E-state index contributed by atoms with van der Waals surface area (Å²) in [6.45, 7) is 5.03. The average molecular weight is 286 g/mol. The molecule has 5 nitrogen and oxygen atoms in total. The molecule has 0 atom stereocenters. The minimum absolute atomic E-state index is 0.318. The Balaban J connectivity index is 1.88. The molecule has 0 aromatic carbocycles. The van der Waals surface area contributed by atoms with Crippen LogP contribution in [0.25, 0.3) is 0 Å². The van der Waals surface area contributed by atoms with Crippen LogP contribution in [0, 0.1) is 0 Å². The van der Waals surface area contributed by atoms with Gasteiger partial charge in [-0.1, -0.05) is 0 Å². The molecule has 0 saturated carbocycles. The third kappa shape index (κ3) is 4.21. The summed E-state index contributed by atoms with van der Waals surface area (Å²) in [4.78, 5) is 10.8. The van der Waals surface area contributed by atoms with E-state index in [1.807, 2.05) is 6.92 Å². The molecule has 2 heterocycles. The number of anilines is 1. The lowest BCUT2D eigenvalue weighted by Gasteiger charge is -2.32. The number of halogens is 1. The molecule has 0 radical (unpaired) electrons. The third-order valence-corrected chi connectivity index (χ3v) is 3.24. The van der Waals surface area contributed by atoms with Crippen LogP contribution in [0.5, 0.6) is 5.88 Å². The molecular weight excluding hydrogens is 266 g/mol. The maximum absolute atomic E-state index is 5.66. The van der Waals surface area contributed by atoms with Crippen molar-refractivity contribution in [2.75, 3.05) is 37.1 Å². The average Bonchev–Trinajstić information content (AvgIpc) is 2.46. The molecule has 0 amide bonds. The Kier molecular flexibility index (Phi) is 5.66. The van der Waals surface area contributed by atoms with Crippen molar-refractivity contribution < 1.29 is 9.47 Å². The van der Waals surface area contributed by atoms with Crippen molar-refractivity contribution in [3.8, 4) is 5.88 Å². The monoisotopic (exact) mass is 285 g/mol. The zero-order valence-electron chi connectivity index (χ0n) is 11.2. The molecule has 1 aliphatic heterocycles. The zero-order chi connectivity index (χ0) is 13.5. The van der Waals surface area contributed by atoms with E-state index in [-0.39, 0.29) is 0 Å². The van der Waals surface area contributed by atoms with Crippen LogP contribution in [0.15, 0.2) is 12.4 Å². The Morgan fingerprint density at radius 2 is 2.16 bits per heavy atom. The molecule has 1 aromatic heterocycles. The van der Waals surface area contributed by atoms with Crippen molar-refractivity contribution in [2.24, 2.45) is 0 Å². The topological polar surface area (TPSA) is 47.5 Å². The summed E-state index contributed by atoms with van der Waals surface area (Å²) in [7, 11) is 0. The Morgan fingerprint density at radius 3 is 2.84 bits per heavy atom. The maximum atomic E-state index is 5.66. The highest BCUT2D eigenvalue weighted by atomic mass is 35.5. The molecule has 1 fully saturated rings. The number of rotatable bonds is 6. The van der Waals surface area contributed by atoms with E-state index in [1.165, 1.54) is 0 Å². The van der Waals surface area contributed by atoms with Crippen molar-refractivity contribution >= 4 is 17.4 Å². The van der Waals surface area contributed by atoms with E-state index in [0.29, 0.717) is 31.1 Å². The lowest BCUT2D eigenvalue weighted by atomic mass is 10.1. The van der Waals surface area contributed by atoms with Crippen molar-refractivity contribution in [3.05, 3.63) is 12.4 Å². The Morgan fingerprint density at radius 1 is 1.37 bits per heavy atom. The summed E-state index contributed by atoms with van der Waals surface area (Å²) in [5.41, 5.74) is 0. The van der Waals surface area contributed by atoms with E-state index in [2.05, 4.69) is 14.9 Å². The normalized spacial score (nSPS) is 16.6. The van der Waals surface area contributed by atoms with E-state index >= 15 is 0 Å². The molecule has 1 aromatic rings. The van der Waals surface area contributed by atoms with Crippen LogP contribution >= 0.6 is 11.6 Å². The van der Waals surface area contributed by atoms with Crippen LogP contribution in [0.3, 0.4) is 0 Å². The second-order valence-electron chi connectivity index (χ2n) is 4.39. The molecule has 0 unspecified atom stereocenters. The summed E-state index contributed by atoms with van der Waals surface area (Å²) in [5.74, 6) is 2.02. The van der Waals surface area contributed by atoms with E-state index < -0.39 is 0 Å². The highest BCUT2D eigenvalue weighted by Gasteiger charge is 2.20. The van der Waals surface area contributed by atoms with Gasteiger partial charge in [0, 0.05) is 19.0 Å². The smallest absolute Gasteiger partial charge is 0.234 e. The summed E-state index contributed by atoms with van der Waals surface area (Å²) >= 11 is 5.62. The Bertz CT molecular complexity index is 384.